The highest BCUT2D eigenvalue weighted by Crippen LogP contribution is 2.32. The van der Waals surface area contributed by atoms with Crippen LogP contribution in [-0.2, 0) is 4.79 Å². The normalized spacial score (nSPS) is 15.8. The summed E-state index contributed by atoms with van der Waals surface area (Å²) in [7, 11) is 1.58. The van der Waals surface area contributed by atoms with Crippen LogP contribution in [0.4, 0.5) is 9.18 Å². The third kappa shape index (κ3) is 4.99. The smallest absolute Gasteiger partial charge is 0.317 e. The standard InChI is InChI=1S/C22H25FN4O2/c1-3-13-24-22(29)26(2)15-21(28)27-20(17-7-5-4-6-8-17)14-19(25-27)16-9-11-18(23)12-10-16/h4-12,20H,3,13-15H2,1-2H3,(H,24,29)/t20-/m0/s1. The van der Waals surface area contributed by atoms with Crippen LogP contribution in [0.3, 0.4) is 0 Å². The van der Waals surface area contributed by atoms with Gasteiger partial charge in [0.2, 0.25) is 0 Å². The molecule has 7 heteroatoms. The lowest BCUT2D eigenvalue weighted by Crippen LogP contribution is -2.43. The highest BCUT2D eigenvalue weighted by Gasteiger charge is 2.33. The summed E-state index contributed by atoms with van der Waals surface area (Å²) >= 11 is 0. The summed E-state index contributed by atoms with van der Waals surface area (Å²) in [4.78, 5) is 26.4. The highest BCUT2D eigenvalue weighted by molar-refractivity contribution is 6.03. The number of rotatable bonds is 6. The fraction of sp³-hybridized carbons (Fsp3) is 0.318. The average Bonchev–Trinajstić information content (AvgIpc) is 3.18. The summed E-state index contributed by atoms with van der Waals surface area (Å²) in [5.74, 6) is -0.593. The van der Waals surface area contributed by atoms with E-state index in [9.17, 15) is 14.0 Å². The van der Waals surface area contributed by atoms with Gasteiger partial charge in [0.15, 0.2) is 0 Å². The number of carbonyl (C=O) groups excluding carboxylic acids is 2. The summed E-state index contributed by atoms with van der Waals surface area (Å²) in [5.41, 5.74) is 2.45. The molecule has 1 aliphatic heterocycles. The molecule has 1 N–H and O–H groups in total. The molecule has 0 radical (unpaired) electrons. The molecule has 6 nitrogen and oxygen atoms in total. The predicted molar refractivity (Wildman–Crippen MR) is 110 cm³/mol. The van der Waals surface area contributed by atoms with Crippen molar-refractivity contribution in [3.8, 4) is 0 Å². The van der Waals surface area contributed by atoms with E-state index in [1.807, 2.05) is 37.3 Å². The number of hydrogen-bond acceptors (Lipinski definition) is 3. The highest BCUT2D eigenvalue weighted by atomic mass is 19.1. The molecule has 1 aliphatic rings. The van der Waals surface area contributed by atoms with Crippen molar-refractivity contribution < 1.29 is 14.0 Å². The van der Waals surface area contributed by atoms with E-state index in [0.717, 1.165) is 17.5 Å². The second-order valence-electron chi connectivity index (χ2n) is 7.01. The minimum absolute atomic E-state index is 0.0842. The number of hydrazone groups is 1. The first-order valence-electron chi connectivity index (χ1n) is 9.69. The molecular formula is C22H25FN4O2. The molecular weight excluding hydrogens is 371 g/mol. The van der Waals surface area contributed by atoms with E-state index in [1.165, 1.54) is 22.0 Å². The zero-order valence-corrected chi connectivity index (χ0v) is 16.6. The van der Waals surface area contributed by atoms with E-state index in [4.69, 9.17) is 0 Å². The van der Waals surface area contributed by atoms with Gasteiger partial charge in [-0.3, -0.25) is 4.79 Å². The van der Waals surface area contributed by atoms with E-state index in [2.05, 4.69) is 10.4 Å². The molecule has 0 spiro atoms. The van der Waals surface area contributed by atoms with Crippen molar-refractivity contribution in [3.05, 3.63) is 71.5 Å². The third-order valence-corrected chi connectivity index (χ3v) is 4.77. The topological polar surface area (TPSA) is 65.0 Å². The van der Waals surface area contributed by atoms with Gasteiger partial charge in [-0.05, 0) is 29.7 Å². The molecule has 3 rings (SSSR count). The van der Waals surface area contributed by atoms with Crippen LogP contribution in [-0.4, -0.2) is 47.7 Å². The SMILES string of the molecule is CCCNC(=O)N(C)CC(=O)N1N=C(c2ccc(F)cc2)C[C@H]1c1ccccc1. The molecule has 0 aliphatic carbocycles. The molecule has 29 heavy (non-hydrogen) atoms. The predicted octanol–water partition coefficient (Wildman–Crippen LogP) is 3.55. The van der Waals surface area contributed by atoms with Crippen LogP contribution < -0.4 is 5.32 Å². The van der Waals surface area contributed by atoms with E-state index in [1.54, 1.807) is 19.2 Å². The van der Waals surface area contributed by atoms with E-state index >= 15 is 0 Å². The largest absolute Gasteiger partial charge is 0.338 e. The summed E-state index contributed by atoms with van der Waals surface area (Å²) < 4.78 is 13.3. The van der Waals surface area contributed by atoms with Crippen molar-refractivity contribution in [2.75, 3.05) is 20.1 Å². The third-order valence-electron chi connectivity index (χ3n) is 4.77. The maximum Gasteiger partial charge on any atom is 0.317 e. The molecule has 0 unspecified atom stereocenters. The Labute approximate surface area is 170 Å². The zero-order chi connectivity index (χ0) is 20.8. The van der Waals surface area contributed by atoms with Gasteiger partial charge in [0.1, 0.15) is 12.4 Å². The molecule has 0 saturated carbocycles. The van der Waals surface area contributed by atoms with Crippen molar-refractivity contribution >= 4 is 17.6 Å². The van der Waals surface area contributed by atoms with E-state index in [0.29, 0.717) is 18.7 Å². The molecule has 1 atom stereocenters. The van der Waals surface area contributed by atoms with Gasteiger partial charge in [0.25, 0.3) is 5.91 Å². The Balaban J connectivity index is 1.81. The Kier molecular flexibility index (Phi) is 6.59. The van der Waals surface area contributed by atoms with Crippen LogP contribution in [0.5, 0.6) is 0 Å². The lowest BCUT2D eigenvalue weighted by Gasteiger charge is -2.25. The number of benzene rings is 2. The molecule has 1 heterocycles. The second kappa shape index (κ2) is 9.32. The first-order valence-corrected chi connectivity index (χ1v) is 9.69. The van der Waals surface area contributed by atoms with Gasteiger partial charge in [0, 0.05) is 20.0 Å². The first-order chi connectivity index (χ1) is 14.0. The second-order valence-corrected chi connectivity index (χ2v) is 7.01. The van der Waals surface area contributed by atoms with Crippen LogP contribution in [0.1, 0.15) is 36.9 Å². The van der Waals surface area contributed by atoms with Gasteiger partial charge in [-0.2, -0.15) is 5.10 Å². The van der Waals surface area contributed by atoms with Crippen molar-refractivity contribution in [3.63, 3.8) is 0 Å². The molecule has 3 amide bonds. The minimum Gasteiger partial charge on any atom is -0.338 e. The van der Waals surface area contributed by atoms with Crippen LogP contribution in [0.25, 0.3) is 0 Å². The molecule has 2 aromatic rings. The van der Waals surface area contributed by atoms with Crippen LogP contribution in [0, 0.1) is 5.82 Å². The van der Waals surface area contributed by atoms with Crippen LogP contribution in [0.15, 0.2) is 59.7 Å². The fourth-order valence-electron chi connectivity index (χ4n) is 3.21. The lowest BCUT2D eigenvalue weighted by molar-refractivity contribution is -0.133. The van der Waals surface area contributed by atoms with Crippen molar-refractivity contribution in [2.24, 2.45) is 5.10 Å². The monoisotopic (exact) mass is 396 g/mol. The van der Waals surface area contributed by atoms with Gasteiger partial charge < -0.3 is 10.2 Å². The number of nitrogens with one attached hydrogen (secondary N) is 1. The molecule has 0 fully saturated rings. The lowest BCUT2D eigenvalue weighted by atomic mass is 9.98. The quantitative estimate of drug-likeness (QED) is 0.812. The van der Waals surface area contributed by atoms with E-state index < -0.39 is 0 Å². The number of halogens is 1. The molecule has 2 aromatic carbocycles. The van der Waals surface area contributed by atoms with Gasteiger partial charge in [0.05, 0.1) is 11.8 Å². The summed E-state index contributed by atoms with van der Waals surface area (Å²) in [6.45, 7) is 2.44. The Hall–Kier alpha value is -3.22. The van der Waals surface area contributed by atoms with Crippen molar-refractivity contribution in [1.29, 1.82) is 0 Å². The first kappa shape index (κ1) is 20.5. The molecule has 0 aromatic heterocycles. The number of nitrogens with zero attached hydrogens (tertiary/aromatic N) is 3. The fourth-order valence-corrected chi connectivity index (χ4v) is 3.21. The van der Waals surface area contributed by atoms with E-state index in [-0.39, 0.29) is 30.3 Å². The Morgan fingerprint density at radius 2 is 1.86 bits per heavy atom. The Morgan fingerprint density at radius 3 is 2.52 bits per heavy atom. The Bertz CT molecular complexity index is 883. The van der Waals surface area contributed by atoms with Gasteiger partial charge in [-0.15, -0.1) is 0 Å². The van der Waals surface area contributed by atoms with Crippen LogP contribution in [0.2, 0.25) is 0 Å². The van der Waals surface area contributed by atoms with Gasteiger partial charge in [-0.25, -0.2) is 14.2 Å². The maximum absolute atomic E-state index is 13.3. The minimum atomic E-state index is -0.320. The number of likely N-dealkylation sites (N-methyl/N-ethyl adjacent to an activating group) is 1. The van der Waals surface area contributed by atoms with Gasteiger partial charge >= 0.3 is 6.03 Å². The summed E-state index contributed by atoms with van der Waals surface area (Å²) in [6, 6.07) is 15.2. The zero-order valence-electron chi connectivity index (χ0n) is 16.6. The van der Waals surface area contributed by atoms with Gasteiger partial charge in [-0.1, -0.05) is 49.4 Å². The number of carbonyl (C=O) groups is 2. The number of urea groups is 1. The average molecular weight is 396 g/mol. The summed E-state index contributed by atoms with van der Waals surface area (Å²) in [5, 5.41) is 8.74. The van der Waals surface area contributed by atoms with Crippen molar-refractivity contribution in [1.82, 2.24) is 15.2 Å². The molecule has 0 bridgehead atoms. The van der Waals surface area contributed by atoms with Crippen molar-refractivity contribution in [2.45, 2.75) is 25.8 Å². The molecule has 0 saturated heterocycles. The maximum atomic E-state index is 13.3. The number of hydrogen-bond donors (Lipinski definition) is 1. The Morgan fingerprint density at radius 1 is 1.17 bits per heavy atom. The summed E-state index contributed by atoms with van der Waals surface area (Å²) in [6.07, 6.45) is 1.34. The number of amides is 3. The molecule has 152 valence electrons. The van der Waals surface area contributed by atoms with Crippen LogP contribution >= 0.6 is 0 Å².